The Morgan fingerprint density at radius 3 is 3.22 bits per heavy atom. The van der Waals surface area contributed by atoms with Gasteiger partial charge in [0.2, 0.25) is 0 Å². The van der Waals surface area contributed by atoms with E-state index in [2.05, 4.69) is 15.8 Å². The van der Waals surface area contributed by atoms with Gasteiger partial charge in [0, 0.05) is 29.3 Å². The summed E-state index contributed by atoms with van der Waals surface area (Å²) in [5.74, 6) is 0.827. The fraction of sp³-hybridized carbons (Fsp3) is 0.375. The van der Waals surface area contributed by atoms with Crippen LogP contribution in [0.25, 0.3) is 6.08 Å². The molecule has 0 aromatic heterocycles. The summed E-state index contributed by atoms with van der Waals surface area (Å²) in [7, 11) is 0. The summed E-state index contributed by atoms with van der Waals surface area (Å²) in [5, 5.41) is 8.40. The van der Waals surface area contributed by atoms with E-state index in [-0.39, 0.29) is 6.10 Å². The van der Waals surface area contributed by atoms with Gasteiger partial charge in [0.25, 0.3) is 0 Å². The third-order valence-corrected chi connectivity index (χ3v) is 4.09. The molecule has 3 rings (SSSR count). The summed E-state index contributed by atoms with van der Waals surface area (Å²) in [6.45, 7) is 2.01. The van der Waals surface area contributed by atoms with E-state index in [0.29, 0.717) is 23.3 Å². The molecule has 0 aliphatic carbocycles. The number of hydrogen-bond donors (Lipinski definition) is 2. The Morgan fingerprint density at radius 2 is 2.39 bits per heavy atom. The number of thiocarbonyl (C=S) groups is 1. The largest absolute Gasteiger partial charge is 0.488 e. The first-order chi connectivity index (χ1) is 11.2. The van der Waals surface area contributed by atoms with Crippen molar-refractivity contribution in [1.29, 1.82) is 0 Å². The van der Waals surface area contributed by atoms with E-state index in [1.165, 1.54) is 0 Å². The van der Waals surface area contributed by atoms with Gasteiger partial charge in [0.15, 0.2) is 5.11 Å². The minimum atomic E-state index is 0.245. The van der Waals surface area contributed by atoms with Crippen molar-refractivity contribution in [3.63, 3.8) is 0 Å². The molecular formula is C16H18ClN3O2S. The lowest BCUT2D eigenvalue weighted by atomic mass is 10.1. The molecule has 0 radical (unpaired) electrons. The van der Waals surface area contributed by atoms with Crippen LogP contribution in [0, 0.1) is 0 Å². The van der Waals surface area contributed by atoms with Crippen LogP contribution in [0.5, 0.6) is 5.75 Å². The number of hydrogen-bond acceptors (Lipinski definition) is 4. The number of ether oxygens (including phenoxy) is 2. The molecule has 0 spiro atoms. The first-order valence-electron chi connectivity index (χ1n) is 7.52. The third kappa shape index (κ3) is 4.67. The number of fused-ring (bicyclic) bond motifs is 1. The van der Waals surface area contributed by atoms with Crippen molar-refractivity contribution in [2.75, 3.05) is 19.8 Å². The molecule has 5 nitrogen and oxygen atoms in total. The van der Waals surface area contributed by atoms with Crippen LogP contribution in [0.3, 0.4) is 0 Å². The molecule has 2 aliphatic rings. The van der Waals surface area contributed by atoms with Crippen molar-refractivity contribution in [3.8, 4) is 5.75 Å². The second kappa shape index (κ2) is 7.77. The molecular weight excluding hydrogens is 334 g/mol. The lowest BCUT2D eigenvalue weighted by molar-refractivity contribution is 0.114. The molecule has 1 fully saturated rings. The zero-order chi connectivity index (χ0) is 16.1. The van der Waals surface area contributed by atoms with Gasteiger partial charge in [0.05, 0.1) is 12.3 Å². The summed E-state index contributed by atoms with van der Waals surface area (Å²) in [5.41, 5.74) is 4.69. The van der Waals surface area contributed by atoms with Crippen molar-refractivity contribution >= 4 is 41.2 Å². The Labute approximate surface area is 145 Å². The number of nitrogens with one attached hydrogen (secondary N) is 2. The summed E-state index contributed by atoms with van der Waals surface area (Å²) in [6.07, 6.45) is 6.13. The molecule has 1 saturated heterocycles. The average Bonchev–Trinajstić information content (AvgIpc) is 3.06. The minimum Gasteiger partial charge on any atom is -0.488 e. The first kappa shape index (κ1) is 16.2. The maximum atomic E-state index is 5.99. The molecule has 23 heavy (non-hydrogen) atoms. The Morgan fingerprint density at radius 1 is 1.48 bits per heavy atom. The molecule has 2 heterocycles. The van der Waals surface area contributed by atoms with Gasteiger partial charge in [-0.2, -0.15) is 5.10 Å². The van der Waals surface area contributed by atoms with Crippen molar-refractivity contribution < 1.29 is 9.47 Å². The maximum Gasteiger partial charge on any atom is 0.187 e. The van der Waals surface area contributed by atoms with Gasteiger partial charge in [-0.25, -0.2) is 0 Å². The smallest absolute Gasteiger partial charge is 0.187 e. The first-order valence-corrected chi connectivity index (χ1v) is 8.31. The summed E-state index contributed by atoms with van der Waals surface area (Å²) in [4.78, 5) is 0. The monoisotopic (exact) mass is 351 g/mol. The molecule has 0 saturated carbocycles. The lowest BCUT2D eigenvalue weighted by Crippen LogP contribution is -2.37. The fourth-order valence-corrected chi connectivity index (χ4v) is 2.78. The minimum absolute atomic E-state index is 0.245. The standard InChI is InChI=1S/C16H18ClN3O2S/c17-13-3-4-15-12(7-13)6-11(10-22-15)8-19-20-16(23)18-9-14-2-1-5-21-14/h3-4,6-8,14H,1-2,5,9-10H2,(H2,18,20,23)/t14-/m1/s1. The highest BCUT2D eigenvalue weighted by atomic mass is 35.5. The van der Waals surface area contributed by atoms with Gasteiger partial charge in [-0.05, 0) is 49.3 Å². The second-order valence-electron chi connectivity index (χ2n) is 5.41. The molecule has 1 aromatic carbocycles. The quantitative estimate of drug-likeness (QED) is 0.496. The van der Waals surface area contributed by atoms with Gasteiger partial charge in [-0.1, -0.05) is 11.6 Å². The Kier molecular flexibility index (Phi) is 5.48. The lowest BCUT2D eigenvalue weighted by Gasteiger charge is -2.16. The fourth-order valence-electron chi connectivity index (χ4n) is 2.47. The van der Waals surface area contributed by atoms with Crippen molar-refractivity contribution in [2.45, 2.75) is 18.9 Å². The average molecular weight is 352 g/mol. The van der Waals surface area contributed by atoms with E-state index in [1.54, 1.807) is 6.21 Å². The number of rotatable bonds is 4. The molecule has 2 N–H and O–H groups in total. The molecule has 2 aliphatic heterocycles. The SMILES string of the molecule is S=C(NC[C@H]1CCCO1)NN=CC1=Cc2cc(Cl)ccc2OC1. The van der Waals surface area contributed by atoms with E-state index in [9.17, 15) is 0 Å². The molecule has 1 aromatic rings. The van der Waals surface area contributed by atoms with Crippen LogP contribution in [-0.2, 0) is 4.74 Å². The highest BCUT2D eigenvalue weighted by molar-refractivity contribution is 7.80. The van der Waals surface area contributed by atoms with Crippen LogP contribution >= 0.6 is 23.8 Å². The van der Waals surface area contributed by atoms with Crippen LogP contribution in [0.4, 0.5) is 0 Å². The van der Waals surface area contributed by atoms with Gasteiger partial charge < -0.3 is 14.8 Å². The number of nitrogens with zero attached hydrogens (tertiary/aromatic N) is 1. The molecule has 1 atom stereocenters. The number of halogens is 1. The summed E-state index contributed by atoms with van der Waals surface area (Å²) in [6, 6.07) is 5.54. The molecule has 7 heteroatoms. The zero-order valence-electron chi connectivity index (χ0n) is 12.5. The van der Waals surface area contributed by atoms with Crippen molar-refractivity contribution in [3.05, 3.63) is 34.4 Å². The number of hydrazone groups is 1. The Balaban J connectivity index is 1.49. The highest BCUT2D eigenvalue weighted by Gasteiger charge is 2.15. The van der Waals surface area contributed by atoms with Crippen molar-refractivity contribution in [1.82, 2.24) is 10.7 Å². The Bertz CT molecular complexity index is 642. The zero-order valence-corrected chi connectivity index (χ0v) is 14.1. The van der Waals surface area contributed by atoms with Crippen LogP contribution < -0.4 is 15.5 Å². The summed E-state index contributed by atoms with van der Waals surface area (Å²) >= 11 is 11.2. The topological polar surface area (TPSA) is 54.9 Å². The van der Waals surface area contributed by atoms with E-state index < -0.39 is 0 Å². The predicted octanol–water partition coefficient (Wildman–Crippen LogP) is 2.74. The van der Waals surface area contributed by atoms with Gasteiger partial charge in [0.1, 0.15) is 12.4 Å². The molecule has 0 unspecified atom stereocenters. The molecule has 122 valence electrons. The van der Waals surface area contributed by atoms with Crippen LogP contribution in [0.15, 0.2) is 28.9 Å². The van der Waals surface area contributed by atoms with E-state index in [4.69, 9.17) is 33.3 Å². The Hall–Kier alpha value is -1.63. The van der Waals surface area contributed by atoms with Crippen molar-refractivity contribution in [2.24, 2.45) is 5.10 Å². The predicted molar refractivity (Wildman–Crippen MR) is 96.1 cm³/mol. The molecule has 0 amide bonds. The van der Waals surface area contributed by atoms with E-state index in [1.807, 2.05) is 24.3 Å². The number of benzene rings is 1. The van der Waals surface area contributed by atoms with Crippen LogP contribution in [0.2, 0.25) is 5.02 Å². The third-order valence-electron chi connectivity index (χ3n) is 3.62. The maximum absolute atomic E-state index is 5.99. The van der Waals surface area contributed by atoms with Crippen LogP contribution in [-0.4, -0.2) is 37.2 Å². The normalized spacial score (nSPS) is 19.9. The van der Waals surface area contributed by atoms with Gasteiger partial charge >= 0.3 is 0 Å². The van der Waals surface area contributed by atoms with Gasteiger partial charge in [-0.15, -0.1) is 0 Å². The van der Waals surface area contributed by atoms with Crippen LogP contribution in [0.1, 0.15) is 18.4 Å². The van der Waals surface area contributed by atoms with Gasteiger partial charge in [-0.3, -0.25) is 5.43 Å². The second-order valence-corrected chi connectivity index (χ2v) is 6.25. The highest BCUT2D eigenvalue weighted by Crippen LogP contribution is 2.28. The summed E-state index contributed by atoms with van der Waals surface area (Å²) < 4.78 is 11.2. The van der Waals surface area contributed by atoms with E-state index in [0.717, 1.165) is 36.3 Å². The molecule has 0 bridgehead atoms. The van der Waals surface area contributed by atoms with E-state index >= 15 is 0 Å².